The predicted octanol–water partition coefficient (Wildman–Crippen LogP) is 3.25. The van der Waals surface area contributed by atoms with E-state index in [9.17, 15) is 18.0 Å². The Labute approximate surface area is 145 Å². The van der Waals surface area contributed by atoms with Crippen LogP contribution in [-0.2, 0) is 6.18 Å². The molecule has 0 aliphatic rings. The molecule has 26 heavy (non-hydrogen) atoms. The number of hydrogen-bond acceptors (Lipinski definition) is 6. The van der Waals surface area contributed by atoms with Crippen molar-refractivity contribution in [2.75, 3.05) is 12.4 Å². The summed E-state index contributed by atoms with van der Waals surface area (Å²) in [6.07, 6.45) is -3.04. The Balaban J connectivity index is 1.84. The molecule has 1 amide bonds. The lowest BCUT2D eigenvalue weighted by Crippen LogP contribution is -2.17. The van der Waals surface area contributed by atoms with E-state index < -0.39 is 17.6 Å². The van der Waals surface area contributed by atoms with Crippen molar-refractivity contribution in [1.29, 1.82) is 0 Å². The number of carbonyl (C=O) groups is 1. The number of halogens is 3. The molecule has 2 aromatic heterocycles. The van der Waals surface area contributed by atoms with E-state index in [-0.39, 0.29) is 23.1 Å². The SMILES string of the molecule is CNC(=O)c1cc(-c2ccnc(Nc3cccc(C(F)(F)F)c3)n2)on1. The Morgan fingerprint density at radius 2 is 2.00 bits per heavy atom. The van der Waals surface area contributed by atoms with Crippen molar-refractivity contribution < 1.29 is 22.5 Å². The topological polar surface area (TPSA) is 92.9 Å². The molecule has 2 N–H and O–H groups in total. The number of nitrogens with zero attached hydrogens (tertiary/aromatic N) is 3. The Hall–Kier alpha value is -3.43. The molecule has 0 radical (unpaired) electrons. The maximum Gasteiger partial charge on any atom is 0.416 e. The van der Waals surface area contributed by atoms with Crippen LogP contribution in [0.3, 0.4) is 0 Å². The molecule has 0 fully saturated rings. The van der Waals surface area contributed by atoms with Crippen LogP contribution >= 0.6 is 0 Å². The molecule has 0 bridgehead atoms. The summed E-state index contributed by atoms with van der Waals surface area (Å²) in [6, 6.07) is 7.58. The van der Waals surface area contributed by atoms with E-state index in [1.807, 2.05) is 0 Å². The summed E-state index contributed by atoms with van der Waals surface area (Å²) in [7, 11) is 1.46. The molecule has 0 atom stereocenters. The van der Waals surface area contributed by atoms with Crippen molar-refractivity contribution in [3.05, 3.63) is 53.9 Å². The molecule has 0 aliphatic carbocycles. The average molecular weight is 363 g/mol. The highest BCUT2D eigenvalue weighted by Crippen LogP contribution is 2.31. The quantitative estimate of drug-likeness (QED) is 0.739. The Kier molecular flexibility index (Phi) is 4.57. The number of anilines is 2. The number of nitrogens with one attached hydrogen (secondary N) is 2. The van der Waals surface area contributed by atoms with Crippen LogP contribution in [-0.4, -0.2) is 28.1 Å². The highest BCUT2D eigenvalue weighted by atomic mass is 19.4. The lowest BCUT2D eigenvalue weighted by molar-refractivity contribution is -0.137. The van der Waals surface area contributed by atoms with Gasteiger partial charge in [0.05, 0.1) is 5.56 Å². The van der Waals surface area contributed by atoms with Crippen molar-refractivity contribution in [3.63, 3.8) is 0 Å². The minimum Gasteiger partial charge on any atom is -0.354 e. The first kappa shape index (κ1) is 17.4. The van der Waals surface area contributed by atoms with Gasteiger partial charge in [0.15, 0.2) is 11.5 Å². The molecule has 0 unspecified atom stereocenters. The fourth-order valence-electron chi connectivity index (χ4n) is 2.09. The highest BCUT2D eigenvalue weighted by Gasteiger charge is 2.30. The Bertz CT molecular complexity index is 939. The number of rotatable bonds is 4. The van der Waals surface area contributed by atoms with Gasteiger partial charge in [-0.05, 0) is 24.3 Å². The van der Waals surface area contributed by atoms with Crippen LogP contribution in [0.4, 0.5) is 24.8 Å². The molecule has 0 saturated carbocycles. The van der Waals surface area contributed by atoms with Gasteiger partial charge in [-0.1, -0.05) is 11.2 Å². The molecule has 2 heterocycles. The third-order valence-corrected chi connectivity index (χ3v) is 3.32. The average Bonchev–Trinajstić information content (AvgIpc) is 3.11. The number of alkyl halides is 3. The van der Waals surface area contributed by atoms with E-state index in [0.717, 1.165) is 12.1 Å². The van der Waals surface area contributed by atoms with Crippen molar-refractivity contribution >= 4 is 17.5 Å². The Morgan fingerprint density at radius 3 is 2.73 bits per heavy atom. The van der Waals surface area contributed by atoms with Gasteiger partial charge in [-0.15, -0.1) is 0 Å². The first-order valence-electron chi connectivity index (χ1n) is 7.33. The first-order chi connectivity index (χ1) is 12.4. The van der Waals surface area contributed by atoms with E-state index in [0.29, 0.717) is 5.69 Å². The van der Waals surface area contributed by atoms with Crippen LogP contribution in [0.1, 0.15) is 16.1 Å². The maximum absolute atomic E-state index is 12.8. The van der Waals surface area contributed by atoms with Gasteiger partial charge in [-0.2, -0.15) is 13.2 Å². The maximum atomic E-state index is 12.8. The minimum atomic E-state index is -4.45. The van der Waals surface area contributed by atoms with Gasteiger partial charge in [-0.25, -0.2) is 9.97 Å². The molecule has 7 nitrogen and oxygen atoms in total. The van der Waals surface area contributed by atoms with Crippen LogP contribution < -0.4 is 10.6 Å². The summed E-state index contributed by atoms with van der Waals surface area (Å²) in [5.41, 5.74) is -0.213. The normalized spacial score (nSPS) is 11.2. The van der Waals surface area contributed by atoms with Crippen LogP contribution in [0.2, 0.25) is 0 Å². The van der Waals surface area contributed by atoms with E-state index in [2.05, 4.69) is 25.8 Å². The standard InChI is InChI=1S/C16H12F3N5O2/c1-20-14(25)12-8-13(26-24-12)11-5-6-21-15(23-11)22-10-4-2-3-9(7-10)16(17,18)19/h2-8H,1H3,(H,20,25)(H,21,22,23). The van der Waals surface area contributed by atoms with Gasteiger partial charge in [0.25, 0.3) is 5.91 Å². The fourth-order valence-corrected chi connectivity index (χ4v) is 2.09. The minimum absolute atomic E-state index is 0.0692. The van der Waals surface area contributed by atoms with Gasteiger partial charge in [0.1, 0.15) is 5.69 Å². The number of hydrogen-bond donors (Lipinski definition) is 2. The summed E-state index contributed by atoms with van der Waals surface area (Å²) in [5, 5.41) is 8.74. The molecule has 1 aromatic carbocycles. The van der Waals surface area contributed by atoms with Gasteiger partial charge < -0.3 is 15.2 Å². The second-order valence-electron chi connectivity index (χ2n) is 5.12. The molecule has 3 aromatic rings. The lowest BCUT2D eigenvalue weighted by atomic mass is 10.2. The third-order valence-electron chi connectivity index (χ3n) is 3.32. The first-order valence-corrected chi connectivity index (χ1v) is 7.33. The molecule has 10 heteroatoms. The van der Waals surface area contributed by atoms with Crippen molar-refractivity contribution in [2.45, 2.75) is 6.18 Å². The number of amides is 1. The molecule has 3 rings (SSSR count). The summed E-state index contributed by atoms with van der Waals surface area (Å²) in [4.78, 5) is 19.6. The van der Waals surface area contributed by atoms with Crippen LogP contribution in [0.25, 0.3) is 11.5 Å². The zero-order chi connectivity index (χ0) is 18.7. The molecule has 0 spiro atoms. The fraction of sp³-hybridized carbons (Fsp3) is 0.125. The van der Waals surface area contributed by atoms with Gasteiger partial charge in [-0.3, -0.25) is 4.79 Å². The van der Waals surface area contributed by atoms with Crippen molar-refractivity contribution in [1.82, 2.24) is 20.4 Å². The predicted molar refractivity (Wildman–Crippen MR) is 85.6 cm³/mol. The molecule has 134 valence electrons. The van der Waals surface area contributed by atoms with Crippen LogP contribution in [0.15, 0.2) is 47.1 Å². The molecule has 0 saturated heterocycles. The van der Waals surface area contributed by atoms with E-state index >= 15 is 0 Å². The van der Waals surface area contributed by atoms with Gasteiger partial charge in [0, 0.05) is 25.0 Å². The second-order valence-corrected chi connectivity index (χ2v) is 5.12. The lowest BCUT2D eigenvalue weighted by Gasteiger charge is -2.09. The zero-order valence-corrected chi connectivity index (χ0v) is 13.3. The zero-order valence-electron chi connectivity index (χ0n) is 13.3. The van der Waals surface area contributed by atoms with Gasteiger partial charge in [0.2, 0.25) is 5.95 Å². The largest absolute Gasteiger partial charge is 0.416 e. The van der Waals surface area contributed by atoms with Crippen LogP contribution in [0.5, 0.6) is 0 Å². The summed E-state index contributed by atoms with van der Waals surface area (Å²) < 4.78 is 43.4. The molecule has 0 aliphatic heterocycles. The van der Waals surface area contributed by atoms with E-state index in [1.165, 1.54) is 37.5 Å². The van der Waals surface area contributed by atoms with Crippen LogP contribution in [0, 0.1) is 0 Å². The number of benzene rings is 1. The summed E-state index contributed by atoms with van der Waals surface area (Å²) >= 11 is 0. The van der Waals surface area contributed by atoms with E-state index in [4.69, 9.17) is 4.52 Å². The third kappa shape index (κ3) is 3.79. The summed E-state index contributed by atoms with van der Waals surface area (Å²) in [6.45, 7) is 0. The van der Waals surface area contributed by atoms with E-state index in [1.54, 1.807) is 0 Å². The number of aromatic nitrogens is 3. The number of carbonyl (C=O) groups excluding carboxylic acids is 1. The molecular weight excluding hydrogens is 351 g/mol. The Morgan fingerprint density at radius 1 is 1.19 bits per heavy atom. The monoisotopic (exact) mass is 363 g/mol. The smallest absolute Gasteiger partial charge is 0.354 e. The van der Waals surface area contributed by atoms with Crippen molar-refractivity contribution in [3.8, 4) is 11.5 Å². The molecular formula is C16H12F3N5O2. The summed E-state index contributed by atoms with van der Waals surface area (Å²) in [5.74, 6) is -0.130. The van der Waals surface area contributed by atoms with Gasteiger partial charge >= 0.3 is 6.18 Å². The van der Waals surface area contributed by atoms with Crippen molar-refractivity contribution in [2.24, 2.45) is 0 Å². The second kappa shape index (κ2) is 6.82. The highest BCUT2D eigenvalue weighted by molar-refractivity contribution is 5.92.